The zero-order valence-electron chi connectivity index (χ0n) is 11.7. The van der Waals surface area contributed by atoms with E-state index in [0.29, 0.717) is 0 Å². The van der Waals surface area contributed by atoms with Crippen molar-refractivity contribution in [3.05, 3.63) is 29.3 Å². The Morgan fingerprint density at radius 1 is 1.22 bits per heavy atom. The molecule has 0 radical (unpaired) electrons. The molecule has 2 rings (SSSR count). The first kappa shape index (κ1) is 13.1. The number of amides is 1. The lowest BCUT2D eigenvalue weighted by Gasteiger charge is -2.31. The number of nitrogens with zero attached hydrogens (tertiary/aromatic N) is 1. The summed E-state index contributed by atoms with van der Waals surface area (Å²) in [6.45, 7) is 9.12. The van der Waals surface area contributed by atoms with Gasteiger partial charge in [0.05, 0.1) is 6.04 Å². The highest BCUT2D eigenvalue weighted by Gasteiger charge is 2.30. The molecule has 18 heavy (non-hydrogen) atoms. The molecule has 1 heterocycles. The second-order valence-corrected chi connectivity index (χ2v) is 5.26. The molecule has 0 aliphatic carbocycles. The van der Waals surface area contributed by atoms with Crippen LogP contribution in [0.1, 0.15) is 31.4 Å². The Labute approximate surface area is 109 Å². The molecule has 1 aromatic carbocycles. The van der Waals surface area contributed by atoms with Crippen LogP contribution in [0.4, 0.5) is 5.69 Å². The molecule has 3 nitrogen and oxygen atoms in total. The lowest BCUT2D eigenvalue weighted by molar-refractivity contribution is -0.120. The van der Waals surface area contributed by atoms with Gasteiger partial charge in [-0.05, 0) is 51.8 Å². The van der Waals surface area contributed by atoms with Crippen molar-refractivity contribution in [2.24, 2.45) is 0 Å². The Kier molecular flexibility index (Phi) is 3.71. The van der Waals surface area contributed by atoms with Gasteiger partial charge in [0.1, 0.15) is 0 Å². The number of hydrogen-bond donors (Lipinski definition) is 1. The molecule has 2 atom stereocenters. The summed E-state index contributed by atoms with van der Waals surface area (Å²) in [5.41, 5.74) is 3.43. The van der Waals surface area contributed by atoms with Crippen LogP contribution in [0.2, 0.25) is 0 Å². The summed E-state index contributed by atoms with van der Waals surface area (Å²) < 4.78 is 0. The topological polar surface area (TPSA) is 32.3 Å². The van der Waals surface area contributed by atoms with Crippen molar-refractivity contribution in [3.8, 4) is 0 Å². The maximum atomic E-state index is 12.5. The highest BCUT2D eigenvalue weighted by Crippen LogP contribution is 2.28. The van der Waals surface area contributed by atoms with Crippen molar-refractivity contribution in [1.82, 2.24) is 5.32 Å². The van der Waals surface area contributed by atoms with E-state index in [0.717, 1.165) is 18.7 Å². The van der Waals surface area contributed by atoms with Gasteiger partial charge in [0.15, 0.2) is 0 Å². The molecular weight excluding hydrogens is 224 g/mol. The van der Waals surface area contributed by atoms with Crippen LogP contribution in [0.25, 0.3) is 0 Å². The average molecular weight is 246 g/mol. The van der Waals surface area contributed by atoms with Gasteiger partial charge < -0.3 is 10.2 Å². The van der Waals surface area contributed by atoms with E-state index >= 15 is 0 Å². The minimum absolute atomic E-state index is 0.103. The third-order valence-electron chi connectivity index (χ3n) is 3.74. The molecule has 1 saturated heterocycles. The molecule has 98 valence electrons. The summed E-state index contributed by atoms with van der Waals surface area (Å²) in [6.07, 6.45) is 0.990. The maximum Gasteiger partial charge on any atom is 0.244 e. The number of rotatable bonds is 1. The number of carbonyl (C=O) groups is 1. The van der Waals surface area contributed by atoms with E-state index in [1.165, 1.54) is 11.1 Å². The lowest BCUT2D eigenvalue weighted by atomic mass is 10.0. The molecule has 3 heteroatoms. The minimum Gasteiger partial charge on any atom is -0.308 e. The summed E-state index contributed by atoms with van der Waals surface area (Å²) in [6, 6.07) is 6.34. The van der Waals surface area contributed by atoms with Gasteiger partial charge in [0.2, 0.25) is 5.91 Å². The van der Waals surface area contributed by atoms with Gasteiger partial charge in [-0.3, -0.25) is 4.79 Å². The van der Waals surface area contributed by atoms with Crippen molar-refractivity contribution in [2.45, 2.75) is 46.2 Å². The Hall–Kier alpha value is -1.35. The zero-order valence-corrected chi connectivity index (χ0v) is 11.7. The third-order valence-corrected chi connectivity index (χ3v) is 3.74. The van der Waals surface area contributed by atoms with E-state index in [2.05, 4.69) is 38.2 Å². The molecule has 0 saturated carbocycles. The fourth-order valence-electron chi connectivity index (χ4n) is 2.67. The quantitative estimate of drug-likeness (QED) is 0.825. The van der Waals surface area contributed by atoms with Gasteiger partial charge in [-0.25, -0.2) is 0 Å². The standard InChI is InChI=1S/C15H22N2O/c1-10-6-5-7-11(2)14(10)17-12(3)8-9-16-13(4)15(17)18/h5-7,12-13,16H,8-9H2,1-4H3. The summed E-state index contributed by atoms with van der Waals surface area (Å²) in [7, 11) is 0. The van der Waals surface area contributed by atoms with Crippen LogP contribution in [0.3, 0.4) is 0 Å². The highest BCUT2D eigenvalue weighted by molar-refractivity contribution is 5.99. The number of carbonyl (C=O) groups excluding carboxylic acids is 1. The molecule has 1 aromatic rings. The number of hydrogen-bond acceptors (Lipinski definition) is 2. The summed E-state index contributed by atoms with van der Waals surface area (Å²) >= 11 is 0. The normalized spacial score (nSPS) is 25.1. The molecule has 0 bridgehead atoms. The smallest absolute Gasteiger partial charge is 0.244 e. The number of para-hydroxylation sites is 1. The number of anilines is 1. The molecule has 1 N–H and O–H groups in total. The van der Waals surface area contributed by atoms with Crippen molar-refractivity contribution in [1.29, 1.82) is 0 Å². The molecule has 0 aromatic heterocycles. The van der Waals surface area contributed by atoms with Crippen molar-refractivity contribution >= 4 is 11.6 Å². The van der Waals surface area contributed by atoms with Gasteiger partial charge >= 0.3 is 0 Å². The van der Waals surface area contributed by atoms with Gasteiger partial charge in [-0.2, -0.15) is 0 Å². The van der Waals surface area contributed by atoms with Crippen LogP contribution in [-0.4, -0.2) is 24.5 Å². The van der Waals surface area contributed by atoms with E-state index in [9.17, 15) is 4.79 Å². The van der Waals surface area contributed by atoms with Gasteiger partial charge in [0, 0.05) is 11.7 Å². The summed E-state index contributed by atoms with van der Waals surface area (Å²) in [5.74, 6) is 0.178. The monoisotopic (exact) mass is 246 g/mol. The van der Waals surface area contributed by atoms with Crippen molar-refractivity contribution in [2.75, 3.05) is 11.4 Å². The van der Waals surface area contributed by atoms with E-state index in [1.807, 2.05) is 17.9 Å². The summed E-state index contributed by atoms with van der Waals surface area (Å²) in [4.78, 5) is 14.5. The van der Waals surface area contributed by atoms with Crippen LogP contribution < -0.4 is 10.2 Å². The number of nitrogens with one attached hydrogen (secondary N) is 1. The minimum atomic E-state index is -0.103. The third kappa shape index (κ3) is 2.27. The van der Waals surface area contributed by atoms with E-state index < -0.39 is 0 Å². The maximum absolute atomic E-state index is 12.5. The van der Waals surface area contributed by atoms with Crippen molar-refractivity contribution < 1.29 is 4.79 Å². The van der Waals surface area contributed by atoms with Crippen molar-refractivity contribution in [3.63, 3.8) is 0 Å². The average Bonchev–Trinajstić information content (AvgIpc) is 2.43. The molecule has 1 aliphatic rings. The SMILES string of the molecule is Cc1cccc(C)c1N1C(=O)C(C)NCCC1C. The van der Waals surface area contributed by atoms with Crippen LogP contribution in [0, 0.1) is 13.8 Å². The Morgan fingerprint density at radius 3 is 2.44 bits per heavy atom. The molecule has 0 spiro atoms. The van der Waals surface area contributed by atoms with Crippen LogP contribution >= 0.6 is 0 Å². The second-order valence-electron chi connectivity index (χ2n) is 5.26. The van der Waals surface area contributed by atoms with E-state index in [4.69, 9.17) is 0 Å². The Bertz CT molecular complexity index is 436. The van der Waals surface area contributed by atoms with Gasteiger partial charge in [0.25, 0.3) is 0 Å². The molecule has 2 unspecified atom stereocenters. The lowest BCUT2D eigenvalue weighted by Crippen LogP contribution is -2.45. The molecule has 1 fully saturated rings. The molecular formula is C15H22N2O. The van der Waals surface area contributed by atoms with Crippen LogP contribution in [0.15, 0.2) is 18.2 Å². The fourth-order valence-corrected chi connectivity index (χ4v) is 2.67. The first-order valence-electron chi connectivity index (χ1n) is 6.65. The van der Waals surface area contributed by atoms with Gasteiger partial charge in [-0.1, -0.05) is 18.2 Å². The predicted octanol–water partition coefficient (Wildman–Crippen LogP) is 2.41. The summed E-state index contributed by atoms with van der Waals surface area (Å²) in [5, 5.41) is 3.27. The molecule has 1 amide bonds. The Balaban J connectivity index is 2.48. The second kappa shape index (κ2) is 5.11. The highest BCUT2D eigenvalue weighted by atomic mass is 16.2. The predicted molar refractivity (Wildman–Crippen MR) is 74.9 cm³/mol. The fraction of sp³-hybridized carbons (Fsp3) is 0.533. The zero-order chi connectivity index (χ0) is 13.3. The van der Waals surface area contributed by atoms with E-state index in [1.54, 1.807) is 0 Å². The first-order valence-corrected chi connectivity index (χ1v) is 6.65. The number of aryl methyl sites for hydroxylation is 2. The van der Waals surface area contributed by atoms with Crippen LogP contribution in [-0.2, 0) is 4.79 Å². The first-order chi connectivity index (χ1) is 8.52. The number of benzene rings is 1. The Morgan fingerprint density at radius 2 is 1.83 bits per heavy atom. The van der Waals surface area contributed by atoms with E-state index in [-0.39, 0.29) is 18.0 Å². The largest absolute Gasteiger partial charge is 0.308 e. The van der Waals surface area contributed by atoms with Gasteiger partial charge in [-0.15, -0.1) is 0 Å². The molecule has 1 aliphatic heterocycles. The van der Waals surface area contributed by atoms with Crippen LogP contribution in [0.5, 0.6) is 0 Å².